The van der Waals surface area contributed by atoms with E-state index in [2.05, 4.69) is 26.6 Å². The molecule has 1 atom stereocenters. The fourth-order valence-corrected chi connectivity index (χ4v) is 2.16. The molecule has 2 N–H and O–H groups in total. The Balaban J connectivity index is 2.58. The molecule has 1 aromatic heterocycles. The molecule has 1 heterocycles. The summed E-state index contributed by atoms with van der Waals surface area (Å²) in [6.07, 6.45) is 1.83. The number of hydrogen-bond donors (Lipinski definition) is 2. The van der Waals surface area contributed by atoms with Crippen molar-refractivity contribution in [2.45, 2.75) is 26.4 Å². The van der Waals surface area contributed by atoms with Crippen molar-refractivity contribution in [2.75, 3.05) is 20.3 Å². The largest absolute Gasteiger partial charge is 0.383 e. The van der Waals surface area contributed by atoms with E-state index in [1.807, 2.05) is 17.7 Å². The Hall–Kier alpha value is -1.34. The first-order chi connectivity index (χ1) is 9.49. The van der Waals surface area contributed by atoms with Gasteiger partial charge in [-0.15, -0.1) is 0 Å². The first kappa shape index (κ1) is 16.7. The van der Waals surface area contributed by atoms with Gasteiger partial charge in [0, 0.05) is 30.9 Å². The Bertz CT molecular complexity index is 473. The summed E-state index contributed by atoms with van der Waals surface area (Å²) in [4.78, 5) is 23.9. The highest BCUT2D eigenvalue weighted by Gasteiger charge is 2.18. The number of nitrogens with zero attached hydrogens (tertiary/aromatic N) is 1. The SMILES string of the molecule is CCn1cc(Br)cc1C(=O)NC(C)C(=O)NCCOC. The number of hydrogen-bond acceptors (Lipinski definition) is 3. The molecule has 0 aromatic carbocycles. The van der Waals surface area contributed by atoms with Crippen LogP contribution in [-0.4, -0.2) is 42.7 Å². The quantitative estimate of drug-likeness (QED) is 0.728. The predicted molar refractivity (Wildman–Crippen MR) is 79.6 cm³/mol. The maximum atomic E-state index is 12.1. The van der Waals surface area contributed by atoms with E-state index >= 15 is 0 Å². The smallest absolute Gasteiger partial charge is 0.268 e. The van der Waals surface area contributed by atoms with E-state index in [9.17, 15) is 9.59 Å². The Morgan fingerprint density at radius 2 is 2.20 bits per heavy atom. The second-order valence-corrected chi connectivity index (χ2v) is 5.22. The molecular formula is C13H20BrN3O3. The van der Waals surface area contributed by atoms with Crippen LogP contribution in [0.25, 0.3) is 0 Å². The van der Waals surface area contributed by atoms with Crippen molar-refractivity contribution in [1.29, 1.82) is 0 Å². The minimum absolute atomic E-state index is 0.232. The molecule has 2 amide bonds. The average molecular weight is 346 g/mol. The number of methoxy groups -OCH3 is 1. The van der Waals surface area contributed by atoms with Crippen molar-refractivity contribution in [2.24, 2.45) is 0 Å². The third-order valence-electron chi connectivity index (χ3n) is 2.78. The van der Waals surface area contributed by atoms with Crippen LogP contribution in [-0.2, 0) is 16.1 Å². The minimum Gasteiger partial charge on any atom is -0.383 e. The van der Waals surface area contributed by atoms with Crippen LogP contribution < -0.4 is 10.6 Å². The molecule has 0 aliphatic carbocycles. The van der Waals surface area contributed by atoms with E-state index in [0.29, 0.717) is 25.4 Å². The first-order valence-electron chi connectivity index (χ1n) is 6.42. The fourth-order valence-electron chi connectivity index (χ4n) is 1.69. The zero-order valence-electron chi connectivity index (χ0n) is 11.9. The summed E-state index contributed by atoms with van der Waals surface area (Å²) in [5, 5.41) is 5.36. The molecule has 0 aliphatic rings. The molecule has 0 aliphatic heterocycles. The van der Waals surface area contributed by atoms with Crippen molar-refractivity contribution in [3.05, 3.63) is 22.4 Å². The van der Waals surface area contributed by atoms with Crippen molar-refractivity contribution >= 4 is 27.7 Å². The maximum absolute atomic E-state index is 12.1. The van der Waals surface area contributed by atoms with Crippen LogP contribution in [0.2, 0.25) is 0 Å². The topological polar surface area (TPSA) is 72.4 Å². The molecule has 0 radical (unpaired) electrons. The maximum Gasteiger partial charge on any atom is 0.268 e. The standard InChI is InChI=1S/C13H20BrN3O3/c1-4-17-8-10(14)7-11(17)13(19)16-9(2)12(18)15-5-6-20-3/h7-9H,4-6H2,1-3H3,(H,15,18)(H,16,19). The van der Waals surface area contributed by atoms with Gasteiger partial charge in [-0.2, -0.15) is 0 Å². The van der Waals surface area contributed by atoms with Crippen LogP contribution in [0.15, 0.2) is 16.7 Å². The third kappa shape index (κ3) is 4.64. The number of amides is 2. The van der Waals surface area contributed by atoms with Crippen LogP contribution in [0.4, 0.5) is 0 Å². The highest BCUT2D eigenvalue weighted by Crippen LogP contribution is 2.15. The summed E-state index contributed by atoms with van der Waals surface area (Å²) in [6, 6.07) is 1.13. The zero-order chi connectivity index (χ0) is 15.1. The highest BCUT2D eigenvalue weighted by molar-refractivity contribution is 9.10. The van der Waals surface area contributed by atoms with Crippen LogP contribution in [0.3, 0.4) is 0 Å². The summed E-state index contributed by atoms with van der Waals surface area (Å²) in [7, 11) is 1.56. The number of carbonyl (C=O) groups is 2. The summed E-state index contributed by atoms with van der Waals surface area (Å²) in [5.74, 6) is -0.504. The predicted octanol–water partition coefficient (Wildman–Crippen LogP) is 1.15. The third-order valence-corrected chi connectivity index (χ3v) is 3.22. The number of carbonyl (C=O) groups excluding carboxylic acids is 2. The highest BCUT2D eigenvalue weighted by atomic mass is 79.9. The van der Waals surface area contributed by atoms with Gasteiger partial charge >= 0.3 is 0 Å². The monoisotopic (exact) mass is 345 g/mol. The molecule has 7 heteroatoms. The Labute approximate surface area is 127 Å². The van der Waals surface area contributed by atoms with Crippen molar-refractivity contribution in [3.63, 3.8) is 0 Å². The number of ether oxygens (including phenoxy) is 1. The van der Waals surface area contributed by atoms with Gasteiger partial charge in [-0.05, 0) is 35.8 Å². The van der Waals surface area contributed by atoms with Crippen LogP contribution in [0, 0.1) is 0 Å². The molecule has 1 aromatic rings. The lowest BCUT2D eigenvalue weighted by Gasteiger charge is -2.14. The van der Waals surface area contributed by atoms with Crippen LogP contribution in [0.5, 0.6) is 0 Å². The molecule has 0 saturated heterocycles. The van der Waals surface area contributed by atoms with Gasteiger partial charge in [-0.1, -0.05) is 0 Å². The van der Waals surface area contributed by atoms with E-state index in [0.717, 1.165) is 4.47 Å². The lowest BCUT2D eigenvalue weighted by Crippen LogP contribution is -2.45. The van der Waals surface area contributed by atoms with Gasteiger partial charge in [0.2, 0.25) is 5.91 Å². The van der Waals surface area contributed by atoms with Crippen molar-refractivity contribution < 1.29 is 14.3 Å². The fraction of sp³-hybridized carbons (Fsp3) is 0.538. The van der Waals surface area contributed by atoms with E-state index in [1.54, 1.807) is 20.1 Å². The van der Waals surface area contributed by atoms with Gasteiger partial charge in [-0.25, -0.2) is 0 Å². The lowest BCUT2D eigenvalue weighted by molar-refractivity contribution is -0.122. The summed E-state index contributed by atoms with van der Waals surface area (Å²) >= 11 is 3.34. The molecular weight excluding hydrogens is 326 g/mol. The molecule has 112 valence electrons. The second kappa shape index (κ2) is 8.06. The Morgan fingerprint density at radius 3 is 2.80 bits per heavy atom. The van der Waals surface area contributed by atoms with Gasteiger partial charge < -0.3 is 19.9 Å². The summed E-state index contributed by atoms with van der Waals surface area (Å²) in [6.45, 7) is 5.14. The Morgan fingerprint density at radius 1 is 1.50 bits per heavy atom. The van der Waals surface area contributed by atoms with E-state index in [4.69, 9.17) is 4.74 Å². The van der Waals surface area contributed by atoms with Gasteiger partial charge in [0.15, 0.2) is 0 Å². The lowest BCUT2D eigenvalue weighted by atomic mass is 10.3. The number of nitrogens with one attached hydrogen (secondary N) is 2. The molecule has 1 rings (SSSR count). The van der Waals surface area contributed by atoms with Gasteiger partial charge in [0.05, 0.1) is 6.61 Å². The van der Waals surface area contributed by atoms with Crippen LogP contribution in [0.1, 0.15) is 24.3 Å². The number of aryl methyl sites for hydroxylation is 1. The molecule has 1 unspecified atom stereocenters. The van der Waals surface area contributed by atoms with E-state index in [1.165, 1.54) is 0 Å². The number of rotatable bonds is 7. The molecule has 0 bridgehead atoms. The first-order valence-corrected chi connectivity index (χ1v) is 7.22. The van der Waals surface area contributed by atoms with Gasteiger partial charge in [-0.3, -0.25) is 9.59 Å². The molecule has 0 saturated carbocycles. The average Bonchev–Trinajstić information content (AvgIpc) is 2.80. The molecule has 0 fully saturated rings. The van der Waals surface area contributed by atoms with Gasteiger partial charge in [0.1, 0.15) is 11.7 Å². The van der Waals surface area contributed by atoms with E-state index in [-0.39, 0.29) is 11.8 Å². The summed E-state index contributed by atoms with van der Waals surface area (Å²) in [5.41, 5.74) is 0.524. The second-order valence-electron chi connectivity index (χ2n) is 4.31. The zero-order valence-corrected chi connectivity index (χ0v) is 13.5. The van der Waals surface area contributed by atoms with Crippen LogP contribution >= 0.6 is 15.9 Å². The van der Waals surface area contributed by atoms with Crippen molar-refractivity contribution in [1.82, 2.24) is 15.2 Å². The molecule has 0 spiro atoms. The Kier molecular flexibility index (Phi) is 6.74. The van der Waals surface area contributed by atoms with Crippen molar-refractivity contribution in [3.8, 4) is 0 Å². The summed E-state index contributed by atoms with van der Waals surface area (Å²) < 4.78 is 7.49. The number of aromatic nitrogens is 1. The number of halogens is 1. The van der Waals surface area contributed by atoms with E-state index < -0.39 is 6.04 Å². The normalized spacial score (nSPS) is 12.0. The van der Waals surface area contributed by atoms with Gasteiger partial charge in [0.25, 0.3) is 5.91 Å². The minimum atomic E-state index is -0.599. The molecule has 6 nitrogen and oxygen atoms in total. The molecule has 20 heavy (non-hydrogen) atoms.